The van der Waals surface area contributed by atoms with E-state index < -0.39 is 0 Å². The molecule has 0 heterocycles. The summed E-state index contributed by atoms with van der Waals surface area (Å²) in [5.41, 5.74) is 1.53. The minimum Gasteiger partial charge on any atom is -0.126 e. The smallest absolute Gasteiger partial charge is 0.00858 e. The lowest BCUT2D eigenvalue weighted by Gasteiger charge is -2.10. The summed E-state index contributed by atoms with van der Waals surface area (Å²) in [6.45, 7) is 8.66. The molecule has 0 aromatic heterocycles. The van der Waals surface area contributed by atoms with E-state index in [9.17, 15) is 0 Å². The van der Waals surface area contributed by atoms with Crippen LogP contribution in [-0.4, -0.2) is 11.5 Å². The van der Waals surface area contributed by atoms with Crippen molar-refractivity contribution in [3.63, 3.8) is 0 Å². The van der Waals surface area contributed by atoms with Crippen LogP contribution in [0.15, 0.2) is 28.0 Å². The van der Waals surface area contributed by atoms with E-state index in [0.717, 1.165) is 6.42 Å². The molecule has 209 valence electrons. The van der Waals surface area contributed by atoms with Crippen molar-refractivity contribution in [3.8, 4) is 0 Å². The van der Waals surface area contributed by atoms with E-state index in [1.165, 1.54) is 168 Å². The predicted molar refractivity (Wildman–Crippen MR) is 170 cm³/mol. The van der Waals surface area contributed by atoms with Crippen molar-refractivity contribution in [3.05, 3.63) is 30.7 Å². The summed E-state index contributed by atoms with van der Waals surface area (Å²) in [6.07, 6.45) is 31.9. The van der Waals surface area contributed by atoms with Gasteiger partial charge in [-0.2, -0.15) is 0 Å². The number of hydrogen-bond donors (Lipinski definition) is 0. The molecule has 0 aliphatic heterocycles. The highest BCUT2D eigenvalue weighted by molar-refractivity contribution is 8.00. The quantitative estimate of drug-likeness (QED) is 0.0814. The second-order valence-corrected chi connectivity index (χ2v) is 13.2. The number of rotatable bonds is 27. The van der Waals surface area contributed by atoms with Gasteiger partial charge in [0.15, 0.2) is 0 Å². The zero-order valence-electron chi connectivity index (χ0n) is 24.4. The Bertz CT molecular complexity index is 538. The van der Waals surface area contributed by atoms with Gasteiger partial charge in [0.1, 0.15) is 0 Å². The first-order chi connectivity index (χ1) is 17.8. The number of hydrogen-bond acceptors (Lipinski definition) is 2. The summed E-state index contributed by atoms with van der Waals surface area (Å²) in [7, 11) is 0. The Balaban J connectivity index is 2.21. The number of unbranched alkanes of at least 4 members (excludes halogenated alkanes) is 19. The Morgan fingerprint density at radius 1 is 0.472 bits per heavy atom. The first-order valence-corrected chi connectivity index (χ1v) is 18.0. The van der Waals surface area contributed by atoms with Crippen LogP contribution in [0.5, 0.6) is 0 Å². The Morgan fingerprint density at radius 2 is 0.833 bits per heavy atom. The van der Waals surface area contributed by atoms with Gasteiger partial charge < -0.3 is 0 Å². The molecule has 1 aromatic carbocycles. The normalized spacial score (nSPS) is 11.4. The minimum atomic E-state index is 1.04. The minimum absolute atomic E-state index is 1.04. The Labute approximate surface area is 236 Å². The molecule has 0 atom stereocenters. The van der Waals surface area contributed by atoms with Crippen molar-refractivity contribution < 1.29 is 0 Å². The maximum absolute atomic E-state index is 4.05. The van der Waals surface area contributed by atoms with Gasteiger partial charge in [-0.1, -0.05) is 143 Å². The molecule has 1 aromatic rings. The Hall–Kier alpha value is -0.0800. The summed E-state index contributed by atoms with van der Waals surface area (Å²) >= 11 is 4.18. The van der Waals surface area contributed by atoms with E-state index >= 15 is 0 Å². The van der Waals surface area contributed by atoms with Crippen LogP contribution in [0.3, 0.4) is 0 Å². The van der Waals surface area contributed by atoms with Gasteiger partial charge >= 0.3 is 0 Å². The summed E-state index contributed by atoms with van der Waals surface area (Å²) in [5, 5.41) is 0. The summed E-state index contributed by atoms with van der Waals surface area (Å²) in [5.74, 6) is 2.55. The molecule has 0 aliphatic carbocycles. The molecule has 0 nitrogen and oxygen atoms in total. The van der Waals surface area contributed by atoms with Gasteiger partial charge in [-0.15, -0.1) is 23.5 Å². The molecular weight excluding hydrogens is 473 g/mol. The van der Waals surface area contributed by atoms with Gasteiger partial charge in [-0.25, -0.2) is 0 Å². The number of thioether (sulfide) groups is 2. The van der Waals surface area contributed by atoms with Crippen LogP contribution in [0.4, 0.5) is 0 Å². The van der Waals surface area contributed by atoms with Crippen molar-refractivity contribution >= 4 is 23.5 Å². The first-order valence-electron chi connectivity index (χ1n) is 16.0. The van der Waals surface area contributed by atoms with Crippen LogP contribution >= 0.6 is 23.5 Å². The third kappa shape index (κ3) is 20.9. The van der Waals surface area contributed by atoms with Crippen LogP contribution < -0.4 is 0 Å². The monoisotopic (exact) mass is 533 g/mol. The van der Waals surface area contributed by atoms with E-state index in [4.69, 9.17) is 0 Å². The lowest BCUT2D eigenvalue weighted by molar-refractivity contribution is 0.563. The molecule has 0 bridgehead atoms. The van der Waals surface area contributed by atoms with Gasteiger partial charge in [-0.05, 0) is 61.0 Å². The molecule has 0 N–H and O–H groups in total. The van der Waals surface area contributed by atoms with Crippen molar-refractivity contribution in [1.82, 2.24) is 0 Å². The maximum atomic E-state index is 4.05. The zero-order chi connectivity index (χ0) is 25.9. The Morgan fingerprint density at radius 3 is 1.19 bits per heavy atom. The fraction of sp³-hybridized carbons (Fsp3) is 0.794. The van der Waals surface area contributed by atoms with Crippen molar-refractivity contribution in [2.45, 2.75) is 171 Å². The number of aryl methyl sites for hydroxylation is 1. The van der Waals surface area contributed by atoms with E-state index in [1.807, 2.05) is 0 Å². The lowest BCUT2D eigenvalue weighted by atomic mass is 10.1. The zero-order valence-corrected chi connectivity index (χ0v) is 26.1. The van der Waals surface area contributed by atoms with E-state index in [-0.39, 0.29) is 0 Å². The molecule has 0 aliphatic rings. The van der Waals surface area contributed by atoms with Gasteiger partial charge in [0, 0.05) is 9.79 Å². The van der Waals surface area contributed by atoms with Gasteiger partial charge in [0.25, 0.3) is 0 Å². The summed E-state index contributed by atoms with van der Waals surface area (Å²) in [6, 6.07) is 7.39. The Kier molecular flexibility index (Phi) is 25.0. The predicted octanol–water partition coefficient (Wildman–Crippen LogP) is 12.9. The van der Waals surface area contributed by atoms with Crippen molar-refractivity contribution in [2.75, 3.05) is 11.5 Å². The summed E-state index contributed by atoms with van der Waals surface area (Å²) in [4.78, 5) is 3.00. The van der Waals surface area contributed by atoms with E-state index in [2.05, 4.69) is 62.5 Å². The van der Waals surface area contributed by atoms with Crippen molar-refractivity contribution in [1.29, 1.82) is 0 Å². The third-order valence-electron chi connectivity index (χ3n) is 7.19. The molecule has 2 heteroatoms. The second-order valence-electron chi connectivity index (χ2n) is 10.8. The van der Waals surface area contributed by atoms with Crippen LogP contribution in [0.25, 0.3) is 0 Å². The third-order valence-corrected chi connectivity index (χ3v) is 9.31. The van der Waals surface area contributed by atoms with E-state index in [0.29, 0.717) is 0 Å². The molecule has 36 heavy (non-hydrogen) atoms. The van der Waals surface area contributed by atoms with Gasteiger partial charge in [-0.3, -0.25) is 0 Å². The molecule has 0 unspecified atom stereocenters. The number of benzene rings is 1. The molecule has 0 saturated carbocycles. The largest absolute Gasteiger partial charge is 0.126 e. The SMILES string of the molecule is [CH2]CCCc1cc(SCCCCCCCCCCCC)cc(SCCCCCCCCCCCC)c1. The standard InChI is InChI=1S/C34H61S2/c1-4-7-10-12-14-16-18-20-22-24-27-35-33-29-32(26-9-6-3)30-34(31-33)36-28-25-23-21-19-17-15-13-11-8-5-2/h29-31H,3-28H2,1-2H3. The lowest BCUT2D eigenvalue weighted by Crippen LogP contribution is -1.90. The fourth-order valence-electron chi connectivity index (χ4n) is 4.83. The van der Waals surface area contributed by atoms with Crippen LogP contribution in [0.1, 0.15) is 161 Å². The molecule has 0 fully saturated rings. The van der Waals surface area contributed by atoms with Crippen LogP contribution in [0.2, 0.25) is 0 Å². The molecule has 0 saturated heterocycles. The summed E-state index contributed by atoms with van der Waals surface area (Å²) < 4.78 is 0. The molecule has 1 radical (unpaired) electrons. The molecule has 0 amide bonds. The fourth-order valence-corrected chi connectivity index (χ4v) is 6.96. The maximum Gasteiger partial charge on any atom is 0.00858 e. The van der Waals surface area contributed by atoms with Crippen LogP contribution in [-0.2, 0) is 6.42 Å². The topological polar surface area (TPSA) is 0 Å². The first kappa shape index (κ1) is 33.9. The van der Waals surface area contributed by atoms with Gasteiger partial charge in [0.2, 0.25) is 0 Å². The van der Waals surface area contributed by atoms with Crippen LogP contribution in [0, 0.1) is 6.92 Å². The van der Waals surface area contributed by atoms with E-state index in [1.54, 1.807) is 0 Å². The molecular formula is C34H61S2. The highest BCUT2D eigenvalue weighted by Crippen LogP contribution is 2.29. The highest BCUT2D eigenvalue weighted by atomic mass is 32.2. The second kappa shape index (κ2) is 26.5. The average molecular weight is 534 g/mol. The average Bonchev–Trinajstić information content (AvgIpc) is 2.89. The molecule has 0 spiro atoms. The highest BCUT2D eigenvalue weighted by Gasteiger charge is 2.04. The van der Waals surface area contributed by atoms with Crippen molar-refractivity contribution in [2.24, 2.45) is 0 Å². The van der Waals surface area contributed by atoms with Gasteiger partial charge in [0.05, 0.1) is 0 Å². The molecule has 1 rings (SSSR count).